The van der Waals surface area contributed by atoms with E-state index >= 15 is 0 Å². The number of piperidine rings is 1. The molecule has 0 bridgehead atoms. The zero-order valence-electron chi connectivity index (χ0n) is 11.3. The molecule has 0 spiro atoms. The summed E-state index contributed by atoms with van der Waals surface area (Å²) in [4.78, 5) is 27.1. The monoisotopic (exact) mass is 288 g/mol. The standard InChI is InChI=1S/C14H16N4OS/c1-10-9-20-13(17-10)11-5-2-3-8-18(11)14(19)12-15-6-4-7-16-12/h4,6-7,9,11H,2-3,5,8H2,1H3. The van der Waals surface area contributed by atoms with E-state index in [1.807, 2.05) is 17.2 Å². The van der Waals surface area contributed by atoms with Crippen LogP contribution in [0.1, 0.15) is 46.6 Å². The van der Waals surface area contributed by atoms with Crippen molar-refractivity contribution in [3.8, 4) is 0 Å². The van der Waals surface area contributed by atoms with Crippen LogP contribution in [0.15, 0.2) is 23.8 Å². The third-order valence-corrected chi connectivity index (χ3v) is 4.51. The Bertz CT molecular complexity index is 598. The lowest BCUT2D eigenvalue weighted by atomic mass is 10.0. The molecule has 1 atom stereocenters. The van der Waals surface area contributed by atoms with Gasteiger partial charge in [0.2, 0.25) is 5.82 Å². The van der Waals surface area contributed by atoms with Gasteiger partial charge in [-0.25, -0.2) is 15.0 Å². The molecule has 2 aromatic heterocycles. The maximum absolute atomic E-state index is 12.6. The van der Waals surface area contributed by atoms with E-state index in [2.05, 4.69) is 15.0 Å². The fourth-order valence-electron chi connectivity index (χ4n) is 2.49. The molecule has 3 rings (SSSR count). The highest BCUT2D eigenvalue weighted by molar-refractivity contribution is 7.09. The largest absolute Gasteiger partial charge is 0.326 e. The summed E-state index contributed by atoms with van der Waals surface area (Å²) in [7, 11) is 0. The van der Waals surface area contributed by atoms with Gasteiger partial charge in [-0.15, -0.1) is 11.3 Å². The number of nitrogens with zero attached hydrogens (tertiary/aromatic N) is 4. The second-order valence-corrected chi connectivity index (χ2v) is 5.80. The van der Waals surface area contributed by atoms with Crippen molar-refractivity contribution in [2.75, 3.05) is 6.54 Å². The maximum atomic E-state index is 12.6. The van der Waals surface area contributed by atoms with Crippen molar-refractivity contribution in [2.45, 2.75) is 32.2 Å². The van der Waals surface area contributed by atoms with Gasteiger partial charge in [-0.1, -0.05) is 0 Å². The number of likely N-dealkylation sites (tertiary alicyclic amines) is 1. The quantitative estimate of drug-likeness (QED) is 0.852. The Labute approximate surface area is 121 Å². The average Bonchev–Trinajstić information content (AvgIpc) is 2.94. The number of hydrogen-bond acceptors (Lipinski definition) is 5. The van der Waals surface area contributed by atoms with E-state index in [1.165, 1.54) is 0 Å². The summed E-state index contributed by atoms with van der Waals surface area (Å²) in [6.07, 6.45) is 6.33. The number of thiazole rings is 1. The minimum Gasteiger partial charge on any atom is -0.326 e. The average molecular weight is 288 g/mol. The first-order valence-electron chi connectivity index (χ1n) is 6.76. The van der Waals surface area contributed by atoms with Gasteiger partial charge in [-0.05, 0) is 32.3 Å². The van der Waals surface area contributed by atoms with Crippen molar-refractivity contribution >= 4 is 17.2 Å². The smallest absolute Gasteiger partial charge is 0.292 e. The van der Waals surface area contributed by atoms with Crippen LogP contribution >= 0.6 is 11.3 Å². The van der Waals surface area contributed by atoms with Crippen molar-refractivity contribution in [1.82, 2.24) is 19.9 Å². The molecule has 5 nitrogen and oxygen atoms in total. The molecular formula is C14H16N4OS. The lowest BCUT2D eigenvalue weighted by Gasteiger charge is -2.33. The number of hydrogen-bond donors (Lipinski definition) is 0. The van der Waals surface area contributed by atoms with Crippen LogP contribution in [0.3, 0.4) is 0 Å². The Hall–Kier alpha value is -1.82. The van der Waals surface area contributed by atoms with Gasteiger partial charge in [0.25, 0.3) is 5.91 Å². The zero-order chi connectivity index (χ0) is 13.9. The lowest BCUT2D eigenvalue weighted by molar-refractivity contribution is 0.0598. The Balaban J connectivity index is 1.87. The Morgan fingerprint density at radius 3 is 2.85 bits per heavy atom. The second-order valence-electron chi connectivity index (χ2n) is 4.91. The fraction of sp³-hybridized carbons (Fsp3) is 0.429. The van der Waals surface area contributed by atoms with Crippen LogP contribution < -0.4 is 0 Å². The van der Waals surface area contributed by atoms with Crippen molar-refractivity contribution in [2.24, 2.45) is 0 Å². The predicted octanol–water partition coefficient (Wildman–Crippen LogP) is 2.61. The molecule has 0 radical (unpaired) electrons. The lowest BCUT2D eigenvalue weighted by Crippen LogP contribution is -2.39. The van der Waals surface area contributed by atoms with E-state index in [-0.39, 0.29) is 17.8 Å². The molecule has 1 aliphatic heterocycles. The van der Waals surface area contributed by atoms with Gasteiger partial charge < -0.3 is 4.90 Å². The topological polar surface area (TPSA) is 59.0 Å². The van der Waals surface area contributed by atoms with E-state index in [4.69, 9.17) is 0 Å². The molecule has 104 valence electrons. The van der Waals surface area contributed by atoms with Gasteiger partial charge >= 0.3 is 0 Å². The maximum Gasteiger partial charge on any atom is 0.292 e. The molecule has 0 N–H and O–H groups in total. The van der Waals surface area contributed by atoms with E-state index in [0.29, 0.717) is 0 Å². The Morgan fingerprint density at radius 2 is 2.15 bits per heavy atom. The molecule has 0 saturated carbocycles. The summed E-state index contributed by atoms with van der Waals surface area (Å²) in [5.74, 6) is 0.177. The molecule has 0 aliphatic carbocycles. The molecule has 20 heavy (non-hydrogen) atoms. The minimum absolute atomic E-state index is 0.0683. The van der Waals surface area contributed by atoms with Crippen molar-refractivity contribution in [3.63, 3.8) is 0 Å². The van der Waals surface area contributed by atoms with E-state index in [0.717, 1.165) is 36.5 Å². The summed E-state index contributed by atoms with van der Waals surface area (Å²) >= 11 is 1.63. The number of amides is 1. The van der Waals surface area contributed by atoms with E-state index in [9.17, 15) is 4.79 Å². The number of rotatable bonds is 2. The second kappa shape index (κ2) is 5.66. The third kappa shape index (κ3) is 2.56. The molecule has 1 unspecified atom stereocenters. The van der Waals surface area contributed by atoms with E-state index in [1.54, 1.807) is 29.8 Å². The normalized spacial score (nSPS) is 19.1. The molecule has 1 saturated heterocycles. The van der Waals surface area contributed by atoms with Crippen LogP contribution in [0.25, 0.3) is 0 Å². The number of carbonyl (C=O) groups is 1. The Morgan fingerprint density at radius 1 is 1.35 bits per heavy atom. The highest BCUT2D eigenvalue weighted by Crippen LogP contribution is 2.33. The molecule has 0 aromatic carbocycles. The van der Waals surface area contributed by atoms with Gasteiger partial charge in [-0.2, -0.15) is 0 Å². The van der Waals surface area contributed by atoms with Crippen LogP contribution in [0.4, 0.5) is 0 Å². The van der Waals surface area contributed by atoms with Crippen molar-refractivity contribution in [3.05, 3.63) is 40.4 Å². The summed E-state index contributed by atoms with van der Waals surface area (Å²) in [5.41, 5.74) is 1.01. The molecule has 2 aromatic rings. The number of aryl methyl sites for hydroxylation is 1. The molecular weight excluding hydrogens is 272 g/mol. The van der Waals surface area contributed by atoms with Gasteiger partial charge in [0.05, 0.1) is 6.04 Å². The third-order valence-electron chi connectivity index (χ3n) is 3.44. The SMILES string of the molecule is Cc1csc(C2CCCCN2C(=O)c2ncccn2)n1. The van der Waals surface area contributed by atoms with Gasteiger partial charge in [0.15, 0.2) is 0 Å². The predicted molar refractivity (Wildman–Crippen MR) is 76.5 cm³/mol. The van der Waals surface area contributed by atoms with Crippen LogP contribution in [0, 0.1) is 6.92 Å². The van der Waals surface area contributed by atoms with Crippen molar-refractivity contribution in [1.29, 1.82) is 0 Å². The highest BCUT2D eigenvalue weighted by Gasteiger charge is 2.31. The number of aromatic nitrogens is 3. The van der Waals surface area contributed by atoms with Crippen molar-refractivity contribution < 1.29 is 4.79 Å². The Kier molecular flexibility index (Phi) is 3.73. The van der Waals surface area contributed by atoms with Gasteiger partial charge in [-0.3, -0.25) is 4.79 Å². The number of carbonyl (C=O) groups excluding carboxylic acids is 1. The summed E-state index contributed by atoms with van der Waals surface area (Å²) in [5, 5.41) is 3.05. The van der Waals surface area contributed by atoms with E-state index < -0.39 is 0 Å². The first kappa shape index (κ1) is 13.2. The van der Waals surface area contributed by atoms with Crippen LogP contribution in [-0.2, 0) is 0 Å². The fourth-order valence-corrected chi connectivity index (χ4v) is 3.44. The van der Waals surface area contributed by atoms with Crippen LogP contribution in [0.2, 0.25) is 0 Å². The summed E-state index contributed by atoms with van der Waals surface area (Å²) in [6.45, 7) is 2.73. The molecule has 3 heterocycles. The molecule has 6 heteroatoms. The molecule has 1 fully saturated rings. The van der Waals surface area contributed by atoms with Crippen LogP contribution in [0.5, 0.6) is 0 Å². The molecule has 1 amide bonds. The van der Waals surface area contributed by atoms with Crippen LogP contribution in [-0.4, -0.2) is 32.3 Å². The first-order valence-corrected chi connectivity index (χ1v) is 7.63. The minimum atomic E-state index is -0.0943. The highest BCUT2D eigenvalue weighted by atomic mass is 32.1. The molecule has 1 aliphatic rings. The van der Waals surface area contributed by atoms with Gasteiger partial charge in [0.1, 0.15) is 5.01 Å². The first-order chi connectivity index (χ1) is 9.75. The summed E-state index contributed by atoms with van der Waals surface area (Å²) in [6, 6.07) is 1.79. The van der Waals surface area contributed by atoms with Gasteiger partial charge in [0, 0.05) is 30.0 Å². The summed E-state index contributed by atoms with van der Waals surface area (Å²) < 4.78 is 0. The zero-order valence-corrected chi connectivity index (χ0v) is 12.1.